The zero-order valence-electron chi connectivity index (χ0n) is 12.0. The van der Waals surface area contributed by atoms with Gasteiger partial charge in [0.15, 0.2) is 0 Å². The lowest BCUT2D eigenvalue weighted by Crippen LogP contribution is -2.60. The van der Waals surface area contributed by atoms with Gasteiger partial charge in [-0.3, -0.25) is 9.35 Å². The first-order valence-corrected chi connectivity index (χ1v) is 7.85. The Labute approximate surface area is 137 Å². The van der Waals surface area contributed by atoms with Gasteiger partial charge in [-0.05, 0) is 10.8 Å². The smallest absolute Gasteiger partial charge is 0.438 e. The van der Waals surface area contributed by atoms with Crippen LogP contribution in [0.25, 0.3) is 10.8 Å². The Hall–Kier alpha value is -2.27. The molecule has 0 heterocycles. The second-order valence-corrected chi connectivity index (χ2v) is 6.37. The zero-order chi connectivity index (χ0) is 19.1. The Kier molecular flexibility index (Phi) is 4.51. The first-order chi connectivity index (χ1) is 11.4. The van der Waals surface area contributed by atoms with E-state index in [0.29, 0.717) is 6.07 Å². The Balaban J connectivity index is 3.05. The van der Waals surface area contributed by atoms with E-state index in [2.05, 4.69) is 4.74 Å². The molecule has 0 radical (unpaired) electrons. The molecule has 2 aromatic carbocycles. The van der Waals surface area contributed by atoms with E-state index < -0.39 is 44.6 Å². The van der Waals surface area contributed by atoms with Crippen LogP contribution in [0.2, 0.25) is 0 Å². The highest BCUT2D eigenvalue weighted by molar-refractivity contribution is 7.87. The number of hydrogen-bond donors (Lipinski definition) is 1. The Bertz CT molecular complexity index is 904. The Morgan fingerprint density at radius 3 is 2.04 bits per heavy atom. The van der Waals surface area contributed by atoms with Gasteiger partial charge in [-0.15, -0.1) is 0 Å². The van der Waals surface area contributed by atoms with E-state index in [1.165, 1.54) is 24.3 Å². The second kappa shape index (κ2) is 5.92. The summed E-state index contributed by atoms with van der Waals surface area (Å²) in [5, 5.41) is -6.30. The average Bonchev–Trinajstić information content (AvgIpc) is 2.49. The number of rotatable bonds is 5. The maximum atomic E-state index is 14.3. The van der Waals surface area contributed by atoms with E-state index >= 15 is 0 Å². The molecular formula is C14H9F5O5S. The van der Waals surface area contributed by atoms with Gasteiger partial charge >= 0.3 is 27.2 Å². The summed E-state index contributed by atoms with van der Waals surface area (Å²) in [6.07, 6.45) is -6.09. The summed E-state index contributed by atoms with van der Waals surface area (Å²) in [7, 11) is -6.62. The number of carbonyl (C=O) groups is 1. The molecule has 0 amide bonds. The minimum atomic E-state index is -6.62. The van der Waals surface area contributed by atoms with Crippen LogP contribution in [0.3, 0.4) is 0 Å². The minimum absolute atomic E-state index is 0.0502. The van der Waals surface area contributed by atoms with Gasteiger partial charge in [0, 0.05) is 5.56 Å². The monoisotopic (exact) mass is 384 g/mol. The molecule has 2 rings (SSSR count). The van der Waals surface area contributed by atoms with Crippen LogP contribution in [-0.4, -0.2) is 30.9 Å². The van der Waals surface area contributed by atoms with Gasteiger partial charge in [0.1, 0.15) is 0 Å². The van der Waals surface area contributed by atoms with E-state index in [9.17, 15) is 35.2 Å². The first-order valence-electron chi connectivity index (χ1n) is 6.41. The number of carbonyl (C=O) groups excluding carboxylic acids is 1. The van der Waals surface area contributed by atoms with Gasteiger partial charge in [-0.1, -0.05) is 42.5 Å². The molecule has 11 heteroatoms. The molecule has 0 spiro atoms. The summed E-state index contributed by atoms with van der Waals surface area (Å²) in [5.74, 6) is 0. The largest absolute Gasteiger partial charge is 0.440 e. The molecule has 25 heavy (non-hydrogen) atoms. The predicted octanol–water partition coefficient (Wildman–Crippen LogP) is 3.25. The minimum Gasteiger partial charge on any atom is -0.438 e. The van der Waals surface area contributed by atoms with Crippen LogP contribution in [-0.2, 0) is 25.3 Å². The number of benzene rings is 2. The molecule has 1 atom stereocenters. The van der Waals surface area contributed by atoms with Gasteiger partial charge < -0.3 is 4.74 Å². The fourth-order valence-corrected chi connectivity index (χ4v) is 3.10. The Morgan fingerprint density at radius 2 is 1.52 bits per heavy atom. The van der Waals surface area contributed by atoms with Crippen LogP contribution in [0, 0.1) is 0 Å². The highest BCUT2D eigenvalue weighted by atomic mass is 32.2. The van der Waals surface area contributed by atoms with E-state index in [0.717, 1.165) is 12.1 Å². The molecule has 1 N–H and O–H groups in total. The van der Waals surface area contributed by atoms with E-state index in [1.807, 2.05) is 0 Å². The summed E-state index contributed by atoms with van der Waals surface area (Å²) in [6, 6.07) is 7.70. The molecule has 0 fully saturated rings. The van der Waals surface area contributed by atoms with Crippen molar-refractivity contribution in [1.82, 2.24) is 0 Å². The normalized spacial score (nSPS) is 15.6. The maximum absolute atomic E-state index is 14.3. The van der Waals surface area contributed by atoms with Gasteiger partial charge in [-0.2, -0.15) is 30.4 Å². The standard InChI is InChI=1S/C14H9F5O5S/c15-13(16,17)12(24-8-20,14(18,19)25(21,22)23)11-7-3-5-9-4-1-2-6-10(9)11/h1-8H,(H,21,22,23). The summed E-state index contributed by atoms with van der Waals surface area (Å²) in [6.45, 7) is -0.950. The quantitative estimate of drug-likeness (QED) is 0.486. The number of halogens is 5. The first kappa shape index (κ1) is 19.1. The van der Waals surface area contributed by atoms with Gasteiger partial charge in [-0.25, -0.2) is 0 Å². The lowest BCUT2D eigenvalue weighted by Gasteiger charge is -2.38. The molecule has 5 nitrogen and oxygen atoms in total. The molecule has 0 saturated heterocycles. The topological polar surface area (TPSA) is 80.7 Å². The van der Waals surface area contributed by atoms with Crippen LogP contribution in [0.15, 0.2) is 42.5 Å². The lowest BCUT2D eigenvalue weighted by atomic mass is 9.88. The molecule has 0 aliphatic carbocycles. The third kappa shape index (κ3) is 2.72. The molecule has 136 valence electrons. The van der Waals surface area contributed by atoms with E-state index in [4.69, 9.17) is 4.55 Å². The molecule has 0 bridgehead atoms. The van der Waals surface area contributed by atoms with Crippen LogP contribution in [0.5, 0.6) is 0 Å². The van der Waals surface area contributed by atoms with Crippen molar-refractivity contribution in [2.75, 3.05) is 0 Å². The molecular weight excluding hydrogens is 375 g/mol. The van der Waals surface area contributed by atoms with Crippen molar-refractivity contribution in [1.29, 1.82) is 0 Å². The molecule has 0 aromatic heterocycles. The molecule has 0 aliphatic heterocycles. The van der Waals surface area contributed by atoms with Crippen molar-refractivity contribution in [2.24, 2.45) is 0 Å². The van der Waals surface area contributed by atoms with Crippen LogP contribution < -0.4 is 0 Å². The van der Waals surface area contributed by atoms with Crippen molar-refractivity contribution in [3.63, 3.8) is 0 Å². The summed E-state index contributed by atoms with van der Waals surface area (Å²) in [4.78, 5) is 10.6. The highest BCUT2D eigenvalue weighted by Gasteiger charge is 2.79. The molecule has 1 unspecified atom stereocenters. The third-order valence-corrected chi connectivity index (χ3v) is 4.46. The van der Waals surface area contributed by atoms with E-state index in [-0.39, 0.29) is 5.39 Å². The van der Waals surface area contributed by atoms with Gasteiger partial charge in [0.05, 0.1) is 0 Å². The molecule has 2 aromatic rings. The summed E-state index contributed by atoms with van der Waals surface area (Å²) in [5.41, 5.74) is -6.29. The van der Waals surface area contributed by atoms with Crippen LogP contribution >= 0.6 is 0 Å². The zero-order valence-corrected chi connectivity index (χ0v) is 12.8. The fourth-order valence-electron chi connectivity index (χ4n) is 2.46. The SMILES string of the molecule is O=COC(c1cccc2ccccc12)(C(F)(F)F)C(F)(F)S(=O)(=O)O. The van der Waals surface area contributed by atoms with Gasteiger partial charge in [0.25, 0.3) is 6.47 Å². The summed E-state index contributed by atoms with van der Waals surface area (Å²) >= 11 is 0. The number of hydrogen-bond acceptors (Lipinski definition) is 4. The average molecular weight is 384 g/mol. The van der Waals surface area contributed by atoms with Crippen LogP contribution in [0.4, 0.5) is 22.0 Å². The number of ether oxygens (including phenoxy) is 1. The van der Waals surface area contributed by atoms with Crippen molar-refractivity contribution in [3.8, 4) is 0 Å². The maximum Gasteiger partial charge on any atom is 0.440 e. The molecule has 0 aliphatic rings. The molecule has 0 saturated carbocycles. The van der Waals surface area contributed by atoms with Crippen molar-refractivity contribution in [3.05, 3.63) is 48.0 Å². The van der Waals surface area contributed by atoms with E-state index in [1.54, 1.807) is 0 Å². The summed E-state index contributed by atoms with van der Waals surface area (Å²) < 4.78 is 104. The predicted molar refractivity (Wildman–Crippen MR) is 75.3 cm³/mol. The Morgan fingerprint density at radius 1 is 0.960 bits per heavy atom. The van der Waals surface area contributed by atoms with Crippen molar-refractivity contribution in [2.45, 2.75) is 17.0 Å². The lowest BCUT2D eigenvalue weighted by molar-refractivity contribution is -0.318. The van der Waals surface area contributed by atoms with Crippen molar-refractivity contribution >= 4 is 27.4 Å². The van der Waals surface area contributed by atoms with Crippen molar-refractivity contribution < 1.29 is 44.5 Å². The van der Waals surface area contributed by atoms with Gasteiger partial charge in [0.2, 0.25) is 0 Å². The number of alkyl halides is 5. The van der Waals surface area contributed by atoms with Crippen LogP contribution in [0.1, 0.15) is 5.56 Å². The second-order valence-electron chi connectivity index (χ2n) is 4.91. The third-order valence-electron chi connectivity index (χ3n) is 3.53. The fraction of sp³-hybridized carbons (Fsp3) is 0.214. The number of fused-ring (bicyclic) bond motifs is 1. The highest BCUT2D eigenvalue weighted by Crippen LogP contribution is 2.55.